The van der Waals surface area contributed by atoms with Crippen molar-refractivity contribution in [2.45, 2.75) is 32.4 Å². The number of rotatable bonds is 4. The lowest BCUT2D eigenvalue weighted by Gasteiger charge is -2.11. The highest BCUT2D eigenvalue weighted by Gasteiger charge is 2.12. The fraction of sp³-hybridized carbons (Fsp3) is 0.538. The summed E-state index contributed by atoms with van der Waals surface area (Å²) in [7, 11) is 0. The molecule has 1 fully saturated rings. The first-order valence-electron chi connectivity index (χ1n) is 5.84. The van der Waals surface area contributed by atoms with E-state index in [1.807, 2.05) is 0 Å². The lowest BCUT2D eigenvalue weighted by atomic mass is 10.1. The SMILES string of the molecule is Cc1ccc(CNCC2CCCN2)cc1.Cl.Cl. The molecule has 0 spiro atoms. The topological polar surface area (TPSA) is 24.1 Å². The Bertz CT molecular complexity index is 295. The van der Waals surface area contributed by atoms with Crippen molar-refractivity contribution in [2.24, 2.45) is 0 Å². The Labute approximate surface area is 116 Å². The van der Waals surface area contributed by atoms with E-state index in [1.54, 1.807) is 0 Å². The highest BCUT2D eigenvalue weighted by molar-refractivity contribution is 5.85. The molecular formula is C13H22Cl2N2. The molecule has 1 aromatic carbocycles. The molecule has 0 bridgehead atoms. The first-order chi connectivity index (χ1) is 7.34. The van der Waals surface area contributed by atoms with Gasteiger partial charge in [-0.2, -0.15) is 0 Å². The van der Waals surface area contributed by atoms with Crippen LogP contribution in [0.1, 0.15) is 24.0 Å². The minimum atomic E-state index is 0. The fourth-order valence-electron chi connectivity index (χ4n) is 2.03. The average molecular weight is 277 g/mol. The Kier molecular flexibility index (Phi) is 8.61. The largest absolute Gasteiger partial charge is 0.313 e. The third-order valence-electron chi connectivity index (χ3n) is 3.00. The molecule has 1 heterocycles. The normalized spacial score (nSPS) is 18.3. The molecule has 1 saturated heterocycles. The second-order valence-corrected chi connectivity index (χ2v) is 4.41. The van der Waals surface area contributed by atoms with E-state index in [0.717, 1.165) is 13.1 Å². The summed E-state index contributed by atoms with van der Waals surface area (Å²) in [5.41, 5.74) is 2.70. The van der Waals surface area contributed by atoms with E-state index in [0.29, 0.717) is 6.04 Å². The molecule has 1 atom stereocenters. The summed E-state index contributed by atoms with van der Waals surface area (Å²) in [5.74, 6) is 0. The van der Waals surface area contributed by atoms with Gasteiger partial charge in [0.05, 0.1) is 0 Å². The molecule has 1 aromatic rings. The zero-order valence-electron chi connectivity index (χ0n) is 10.2. The number of nitrogens with one attached hydrogen (secondary N) is 2. The second-order valence-electron chi connectivity index (χ2n) is 4.41. The maximum atomic E-state index is 3.50. The van der Waals surface area contributed by atoms with Crippen LogP contribution in [0.2, 0.25) is 0 Å². The fourth-order valence-corrected chi connectivity index (χ4v) is 2.03. The molecule has 0 saturated carbocycles. The smallest absolute Gasteiger partial charge is 0.0206 e. The predicted molar refractivity (Wildman–Crippen MR) is 78.4 cm³/mol. The van der Waals surface area contributed by atoms with Crippen molar-refractivity contribution in [2.75, 3.05) is 13.1 Å². The summed E-state index contributed by atoms with van der Waals surface area (Å²) in [4.78, 5) is 0. The number of hydrogen-bond donors (Lipinski definition) is 2. The number of benzene rings is 1. The van der Waals surface area contributed by atoms with Gasteiger partial charge < -0.3 is 10.6 Å². The van der Waals surface area contributed by atoms with E-state index in [4.69, 9.17) is 0 Å². The molecule has 17 heavy (non-hydrogen) atoms. The van der Waals surface area contributed by atoms with Crippen LogP contribution in [0, 0.1) is 6.92 Å². The van der Waals surface area contributed by atoms with Crippen LogP contribution in [-0.4, -0.2) is 19.1 Å². The number of halogens is 2. The van der Waals surface area contributed by atoms with E-state index in [9.17, 15) is 0 Å². The molecular weight excluding hydrogens is 255 g/mol. The summed E-state index contributed by atoms with van der Waals surface area (Å²) in [6.45, 7) is 5.39. The van der Waals surface area contributed by atoms with Gasteiger partial charge in [-0.05, 0) is 31.9 Å². The van der Waals surface area contributed by atoms with E-state index < -0.39 is 0 Å². The monoisotopic (exact) mass is 276 g/mol. The first-order valence-corrected chi connectivity index (χ1v) is 5.84. The molecule has 4 heteroatoms. The summed E-state index contributed by atoms with van der Waals surface area (Å²) >= 11 is 0. The molecule has 1 aliphatic heterocycles. The minimum absolute atomic E-state index is 0. The van der Waals surface area contributed by atoms with Gasteiger partial charge >= 0.3 is 0 Å². The lowest BCUT2D eigenvalue weighted by Crippen LogP contribution is -2.33. The second kappa shape index (κ2) is 8.76. The van der Waals surface area contributed by atoms with Crippen LogP contribution in [0.4, 0.5) is 0 Å². The van der Waals surface area contributed by atoms with Crippen molar-refractivity contribution in [3.05, 3.63) is 35.4 Å². The molecule has 98 valence electrons. The summed E-state index contributed by atoms with van der Waals surface area (Å²) in [6, 6.07) is 9.43. The molecule has 1 unspecified atom stereocenters. The van der Waals surface area contributed by atoms with Crippen molar-refractivity contribution in [1.82, 2.24) is 10.6 Å². The van der Waals surface area contributed by atoms with Crippen molar-refractivity contribution < 1.29 is 0 Å². The Morgan fingerprint density at radius 3 is 2.53 bits per heavy atom. The first kappa shape index (κ1) is 16.7. The van der Waals surface area contributed by atoms with Gasteiger partial charge in [0.2, 0.25) is 0 Å². The molecule has 0 aliphatic carbocycles. The lowest BCUT2D eigenvalue weighted by molar-refractivity contribution is 0.536. The zero-order chi connectivity index (χ0) is 10.5. The van der Waals surface area contributed by atoms with Gasteiger partial charge in [0, 0.05) is 19.1 Å². The third kappa shape index (κ3) is 5.73. The molecule has 2 nitrogen and oxygen atoms in total. The highest BCUT2D eigenvalue weighted by Crippen LogP contribution is 2.05. The van der Waals surface area contributed by atoms with Crippen molar-refractivity contribution in [3.63, 3.8) is 0 Å². The highest BCUT2D eigenvalue weighted by atomic mass is 35.5. The van der Waals surface area contributed by atoms with Gasteiger partial charge in [-0.15, -0.1) is 24.8 Å². The number of aryl methyl sites for hydroxylation is 1. The van der Waals surface area contributed by atoms with E-state index in [2.05, 4.69) is 41.8 Å². The Balaban J connectivity index is 0.00000128. The Morgan fingerprint density at radius 1 is 1.24 bits per heavy atom. The van der Waals surface area contributed by atoms with Gasteiger partial charge in [-0.3, -0.25) is 0 Å². The van der Waals surface area contributed by atoms with Crippen LogP contribution in [0.15, 0.2) is 24.3 Å². The van der Waals surface area contributed by atoms with Crippen molar-refractivity contribution >= 4 is 24.8 Å². The zero-order valence-corrected chi connectivity index (χ0v) is 11.9. The average Bonchev–Trinajstić information content (AvgIpc) is 2.74. The predicted octanol–water partition coefficient (Wildman–Crippen LogP) is 2.68. The van der Waals surface area contributed by atoms with Crippen molar-refractivity contribution in [1.29, 1.82) is 0 Å². The summed E-state index contributed by atoms with van der Waals surface area (Å²) in [5, 5.41) is 6.99. The molecule has 0 amide bonds. The Hall–Kier alpha value is -0.280. The summed E-state index contributed by atoms with van der Waals surface area (Å²) in [6.07, 6.45) is 2.65. The van der Waals surface area contributed by atoms with Crippen LogP contribution in [0.25, 0.3) is 0 Å². The quantitative estimate of drug-likeness (QED) is 0.884. The standard InChI is InChI=1S/C13H20N2.2ClH/c1-11-4-6-12(7-5-11)9-14-10-13-3-2-8-15-13;;/h4-7,13-15H,2-3,8-10H2,1H3;2*1H. The van der Waals surface area contributed by atoms with Gasteiger partial charge in [-0.25, -0.2) is 0 Å². The van der Waals surface area contributed by atoms with Gasteiger partial charge in [-0.1, -0.05) is 29.8 Å². The van der Waals surface area contributed by atoms with E-state index in [-0.39, 0.29) is 24.8 Å². The minimum Gasteiger partial charge on any atom is -0.313 e. The summed E-state index contributed by atoms with van der Waals surface area (Å²) < 4.78 is 0. The van der Waals surface area contributed by atoms with E-state index in [1.165, 1.54) is 30.5 Å². The van der Waals surface area contributed by atoms with Crippen LogP contribution in [0.5, 0.6) is 0 Å². The van der Waals surface area contributed by atoms with Crippen LogP contribution in [-0.2, 0) is 6.54 Å². The van der Waals surface area contributed by atoms with Gasteiger partial charge in [0.15, 0.2) is 0 Å². The maximum absolute atomic E-state index is 3.50. The molecule has 2 rings (SSSR count). The van der Waals surface area contributed by atoms with E-state index >= 15 is 0 Å². The molecule has 0 aromatic heterocycles. The van der Waals surface area contributed by atoms with Gasteiger partial charge in [0.1, 0.15) is 0 Å². The van der Waals surface area contributed by atoms with Crippen molar-refractivity contribution in [3.8, 4) is 0 Å². The maximum Gasteiger partial charge on any atom is 0.0206 e. The molecule has 1 aliphatic rings. The number of hydrogen-bond acceptors (Lipinski definition) is 2. The van der Waals surface area contributed by atoms with Crippen LogP contribution >= 0.6 is 24.8 Å². The van der Waals surface area contributed by atoms with Crippen LogP contribution < -0.4 is 10.6 Å². The van der Waals surface area contributed by atoms with Crippen LogP contribution in [0.3, 0.4) is 0 Å². The molecule has 0 radical (unpaired) electrons. The molecule has 2 N–H and O–H groups in total. The van der Waals surface area contributed by atoms with Gasteiger partial charge in [0.25, 0.3) is 0 Å². The Morgan fingerprint density at radius 2 is 1.94 bits per heavy atom. The third-order valence-corrected chi connectivity index (χ3v) is 3.00.